The van der Waals surface area contributed by atoms with Gasteiger partial charge in [-0.2, -0.15) is 0 Å². The van der Waals surface area contributed by atoms with E-state index in [9.17, 15) is 0 Å². The zero-order chi connectivity index (χ0) is 13.9. The topological polar surface area (TPSA) is 44.5 Å². The molecule has 0 aliphatic heterocycles. The molecular formula is C14H22BrNO2. The largest absolute Gasteiger partial charge is 0.493 e. The molecule has 0 heterocycles. The number of rotatable bonds is 5. The molecule has 1 aromatic rings. The molecule has 0 aromatic heterocycles. The summed E-state index contributed by atoms with van der Waals surface area (Å²) in [5.41, 5.74) is 8.10. The highest BCUT2D eigenvalue weighted by atomic mass is 79.9. The lowest BCUT2D eigenvalue weighted by molar-refractivity contribution is 0.347. The Morgan fingerprint density at radius 3 is 2.28 bits per heavy atom. The second-order valence-electron chi connectivity index (χ2n) is 5.08. The molecule has 18 heavy (non-hydrogen) atoms. The SMILES string of the molecule is CCc1cc(OC)c(OC)c(CC(C)(C)N)c1Br. The Morgan fingerprint density at radius 1 is 1.28 bits per heavy atom. The predicted molar refractivity (Wildman–Crippen MR) is 78.6 cm³/mol. The van der Waals surface area contributed by atoms with Gasteiger partial charge < -0.3 is 15.2 Å². The van der Waals surface area contributed by atoms with Gasteiger partial charge in [-0.25, -0.2) is 0 Å². The molecule has 0 amide bonds. The van der Waals surface area contributed by atoms with Crippen molar-refractivity contribution in [2.45, 2.75) is 39.2 Å². The molecule has 1 rings (SSSR count). The van der Waals surface area contributed by atoms with Crippen molar-refractivity contribution >= 4 is 15.9 Å². The fraction of sp³-hybridized carbons (Fsp3) is 0.571. The summed E-state index contributed by atoms with van der Waals surface area (Å²) < 4.78 is 12.0. The second-order valence-corrected chi connectivity index (χ2v) is 5.88. The Bertz CT molecular complexity index is 425. The van der Waals surface area contributed by atoms with Crippen molar-refractivity contribution < 1.29 is 9.47 Å². The van der Waals surface area contributed by atoms with Crippen molar-refractivity contribution in [1.82, 2.24) is 0 Å². The van der Waals surface area contributed by atoms with Crippen LogP contribution in [0.25, 0.3) is 0 Å². The van der Waals surface area contributed by atoms with Crippen LogP contribution in [0.1, 0.15) is 31.9 Å². The van der Waals surface area contributed by atoms with E-state index in [1.165, 1.54) is 5.56 Å². The summed E-state index contributed by atoms with van der Waals surface area (Å²) in [6.45, 7) is 6.12. The summed E-state index contributed by atoms with van der Waals surface area (Å²) >= 11 is 3.66. The third kappa shape index (κ3) is 3.39. The first kappa shape index (κ1) is 15.3. The van der Waals surface area contributed by atoms with Crippen molar-refractivity contribution in [3.05, 3.63) is 21.7 Å². The fourth-order valence-electron chi connectivity index (χ4n) is 1.98. The van der Waals surface area contributed by atoms with Crippen LogP contribution in [-0.4, -0.2) is 19.8 Å². The maximum absolute atomic E-state index is 6.13. The van der Waals surface area contributed by atoms with Crippen LogP contribution in [0.3, 0.4) is 0 Å². The molecule has 0 atom stereocenters. The first-order chi connectivity index (χ1) is 8.34. The Labute approximate surface area is 118 Å². The zero-order valence-electron chi connectivity index (χ0n) is 11.8. The van der Waals surface area contributed by atoms with Gasteiger partial charge in [0.1, 0.15) is 0 Å². The molecular weight excluding hydrogens is 294 g/mol. The molecule has 1 aromatic carbocycles. The van der Waals surface area contributed by atoms with E-state index >= 15 is 0 Å². The molecule has 0 unspecified atom stereocenters. The van der Waals surface area contributed by atoms with Gasteiger partial charge in [0.2, 0.25) is 0 Å². The van der Waals surface area contributed by atoms with E-state index in [2.05, 4.69) is 22.9 Å². The number of benzene rings is 1. The molecule has 0 aliphatic rings. The molecule has 0 radical (unpaired) electrons. The minimum atomic E-state index is -0.298. The average molecular weight is 316 g/mol. The molecule has 3 nitrogen and oxygen atoms in total. The van der Waals surface area contributed by atoms with Gasteiger partial charge in [-0.05, 0) is 38.3 Å². The van der Waals surface area contributed by atoms with Gasteiger partial charge in [-0.3, -0.25) is 0 Å². The summed E-state index contributed by atoms with van der Waals surface area (Å²) in [4.78, 5) is 0. The maximum atomic E-state index is 6.13. The first-order valence-corrected chi connectivity index (χ1v) is 6.84. The van der Waals surface area contributed by atoms with Crippen molar-refractivity contribution in [1.29, 1.82) is 0 Å². The Morgan fingerprint density at radius 2 is 1.89 bits per heavy atom. The summed E-state index contributed by atoms with van der Waals surface area (Å²) in [7, 11) is 3.31. The molecule has 0 saturated carbocycles. The van der Waals surface area contributed by atoms with E-state index in [1.807, 2.05) is 19.9 Å². The van der Waals surface area contributed by atoms with Crippen LogP contribution < -0.4 is 15.2 Å². The number of ether oxygens (including phenoxy) is 2. The van der Waals surface area contributed by atoms with Crippen LogP contribution in [-0.2, 0) is 12.8 Å². The Hall–Kier alpha value is -0.740. The standard InChI is InChI=1S/C14H22BrNO2/c1-6-9-7-11(17-4)13(18-5)10(12(9)15)8-14(2,3)16/h7H,6,8,16H2,1-5H3. The van der Waals surface area contributed by atoms with Crippen LogP contribution in [0, 0.1) is 0 Å². The highest BCUT2D eigenvalue weighted by Crippen LogP contribution is 2.40. The van der Waals surface area contributed by atoms with E-state index in [0.29, 0.717) is 0 Å². The van der Waals surface area contributed by atoms with Gasteiger partial charge in [-0.15, -0.1) is 0 Å². The average Bonchev–Trinajstić information content (AvgIpc) is 2.29. The summed E-state index contributed by atoms with van der Waals surface area (Å²) in [5, 5.41) is 0. The van der Waals surface area contributed by atoms with Gasteiger partial charge in [0, 0.05) is 15.6 Å². The summed E-state index contributed by atoms with van der Waals surface area (Å²) in [6.07, 6.45) is 1.65. The van der Waals surface area contributed by atoms with E-state index in [-0.39, 0.29) is 5.54 Å². The minimum absolute atomic E-state index is 0.298. The van der Waals surface area contributed by atoms with Crippen molar-refractivity contribution in [2.24, 2.45) is 5.73 Å². The molecule has 0 fully saturated rings. The lowest BCUT2D eigenvalue weighted by atomic mass is 9.93. The number of aryl methyl sites for hydroxylation is 1. The van der Waals surface area contributed by atoms with Crippen molar-refractivity contribution in [3.63, 3.8) is 0 Å². The molecule has 2 N–H and O–H groups in total. The highest BCUT2D eigenvalue weighted by molar-refractivity contribution is 9.10. The summed E-state index contributed by atoms with van der Waals surface area (Å²) in [5.74, 6) is 1.52. The molecule has 0 spiro atoms. The molecule has 0 bridgehead atoms. The third-order valence-corrected chi connectivity index (χ3v) is 3.78. The number of halogens is 1. The first-order valence-electron chi connectivity index (χ1n) is 6.05. The van der Waals surface area contributed by atoms with E-state index in [4.69, 9.17) is 15.2 Å². The summed E-state index contributed by atoms with van der Waals surface area (Å²) in [6, 6.07) is 2.01. The number of methoxy groups -OCH3 is 2. The van der Waals surface area contributed by atoms with Crippen LogP contribution in [0.15, 0.2) is 10.5 Å². The monoisotopic (exact) mass is 315 g/mol. The highest BCUT2D eigenvalue weighted by Gasteiger charge is 2.22. The number of nitrogens with two attached hydrogens (primary N) is 1. The van der Waals surface area contributed by atoms with Crippen LogP contribution in [0.2, 0.25) is 0 Å². The lowest BCUT2D eigenvalue weighted by Gasteiger charge is -2.23. The predicted octanol–water partition coefficient (Wildman–Crippen LogP) is 3.31. The van der Waals surface area contributed by atoms with E-state index in [0.717, 1.165) is 34.4 Å². The quantitative estimate of drug-likeness (QED) is 0.906. The van der Waals surface area contributed by atoms with Gasteiger partial charge in [0.05, 0.1) is 14.2 Å². The molecule has 102 valence electrons. The molecule has 0 saturated heterocycles. The fourth-order valence-corrected chi connectivity index (χ4v) is 2.69. The Balaban J connectivity index is 3.43. The van der Waals surface area contributed by atoms with Gasteiger partial charge in [0.15, 0.2) is 11.5 Å². The lowest BCUT2D eigenvalue weighted by Crippen LogP contribution is -2.34. The normalized spacial score (nSPS) is 11.5. The van der Waals surface area contributed by atoms with Crippen molar-refractivity contribution in [2.75, 3.05) is 14.2 Å². The van der Waals surface area contributed by atoms with Crippen LogP contribution in [0.5, 0.6) is 11.5 Å². The minimum Gasteiger partial charge on any atom is -0.493 e. The maximum Gasteiger partial charge on any atom is 0.165 e. The number of hydrogen-bond acceptors (Lipinski definition) is 3. The number of hydrogen-bond donors (Lipinski definition) is 1. The third-order valence-electron chi connectivity index (χ3n) is 2.79. The smallest absolute Gasteiger partial charge is 0.165 e. The van der Waals surface area contributed by atoms with Gasteiger partial charge in [-0.1, -0.05) is 22.9 Å². The van der Waals surface area contributed by atoms with Crippen LogP contribution >= 0.6 is 15.9 Å². The van der Waals surface area contributed by atoms with Gasteiger partial charge >= 0.3 is 0 Å². The zero-order valence-corrected chi connectivity index (χ0v) is 13.3. The van der Waals surface area contributed by atoms with E-state index < -0.39 is 0 Å². The molecule has 4 heteroatoms. The van der Waals surface area contributed by atoms with Gasteiger partial charge in [0.25, 0.3) is 0 Å². The van der Waals surface area contributed by atoms with Crippen LogP contribution in [0.4, 0.5) is 0 Å². The molecule has 0 aliphatic carbocycles. The Kier molecular flexibility index (Phi) is 5.05. The second kappa shape index (κ2) is 5.93. The van der Waals surface area contributed by atoms with E-state index in [1.54, 1.807) is 14.2 Å². The van der Waals surface area contributed by atoms with Crippen molar-refractivity contribution in [3.8, 4) is 11.5 Å².